The monoisotopic (exact) mass is 263 g/mol. The number of nitrogens with zero attached hydrogens (tertiary/aromatic N) is 3. The minimum Gasteiger partial charge on any atom is -0.486 e. The van der Waals surface area contributed by atoms with Crippen LogP contribution in [0.1, 0.15) is 5.56 Å². The summed E-state index contributed by atoms with van der Waals surface area (Å²) in [4.78, 5) is 4.15. The molecule has 1 aliphatic rings. The fraction of sp³-hybridized carbons (Fsp3) is 0.250. The van der Waals surface area contributed by atoms with Gasteiger partial charge in [0.1, 0.15) is 13.2 Å². The summed E-state index contributed by atoms with van der Waals surface area (Å²) in [5.74, 6) is 1.48. The molecule has 18 heavy (non-hydrogen) atoms. The molecule has 2 heterocycles. The van der Waals surface area contributed by atoms with Crippen LogP contribution in [0.2, 0.25) is 5.28 Å². The first-order chi connectivity index (χ1) is 8.74. The lowest BCUT2D eigenvalue weighted by molar-refractivity contribution is 0.171. The van der Waals surface area contributed by atoms with Crippen molar-refractivity contribution >= 4 is 11.6 Å². The molecule has 92 valence electrons. The second kappa shape index (κ2) is 4.42. The molecule has 0 aliphatic carbocycles. The number of hydrogen-bond donors (Lipinski definition) is 0. The van der Waals surface area contributed by atoms with Gasteiger partial charge in [0.15, 0.2) is 11.5 Å². The molecule has 0 saturated carbocycles. The summed E-state index contributed by atoms with van der Waals surface area (Å²) in [5.41, 5.74) is 2.61. The summed E-state index contributed by atoms with van der Waals surface area (Å²) in [5, 5.41) is 7.55. The summed E-state index contributed by atoms with van der Waals surface area (Å²) in [7, 11) is 0. The van der Waals surface area contributed by atoms with Crippen LogP contribution in [0.15, 0.2) is 18.3 Å². The van der Waals surface area contributed by atoms with Crippen LogP contribution >= 0.6 is 11.6 Å². The maximum Gasteiger partial charge on any atom is 0.243 e. The molecule has 0 fully saturated rings. The molecule has 0 atom stereocenters. The van der Waals surface area contributed by atoms with Gasteiger partial charge in [0.25, 0.3) is 0 Å². The maximum absolute atomic E-state index is 5.75. The van der Waals surface area contributed by atoms with Crippen molar-refractivity contribution in [3.8, 4) is 22.8 Å². The second-order valence-electron chi connectivity index (χ2n) is 3.92. The minimum atomic E-state index is 0.127. The van der Waals surface area contributed by atoms with Gasteiger partial charge in [0, 0.05) is 5.56 Å². The predicted molar refractivity (Wildman–Crippen MR) is 66.0 cm³/mol. The SMILES string of the molecule is Cc1cc2c(cc1-c1cnnc(Cl)n1)OCCO2. The average molecular weight is 264 g/mol. The summed E-state index contributed by atoms with van der Waals surface area (Å²) in [6.45, 7) is 3.11. The van der Waals surface area contributed by atoms with Gasteiger partial charge >= 0.3 is 0 Å². The van der Waals surface area contributed by atoms with Crippen LogP contribution < -0.4 is 9.47 Å². The van der Waals surface area contributed by atoms with Crippen LogP contribution in [0, 0.1) is 6.92 Å². The van der Waals surface area contributed by atoms with E-state index in [4.69, 9.17) is 21.1 Å². The maximum atomic E-state index is 5.75. The minimum absolute atomic E-state index is 0.127. The van der Waals surface area contributed by atoms with Crippen LogP contribution in [0.25, 0.3) is 11.3 Å². The fourth-order valence-corrected chi connectivity index (χ4v) is 2.01. The van der Waals surface area contributed by atoms with E-state index < -0.39 is 0 Å². The van der Waals surface area contributed by atoms with E-state index in [9.17, 15) is 0 Å². The third kappa shape index (κ3) is 1.97. The van der Waals surface area contributed by atoms with Gasteiger partial charge in [-0.1, -0.05) is 0 Å². The number of fused-ring (bicyclic) bond motifs is 1. The highest BCUT2D eigenvalue weighted by Crippen LogP contribution is 2.36. The van der Waals surface area contributed by atoms with Gasteiger partial charge in [-0.3, -0.25) is 0 Å². The number of hydrogen-bond acceptors (Lipinski definition) is 5. The predicted octanol–water partition coefficient (Wildman–Crippen LogP) is 2.27. The van der Waals surface area contributed by atoms with E-state index in [0.717, 1.165) is 22.6 Å². The number of aromatic nitrogens is 3. The molecule has 0 amide bonds. The number of rotatable bonds is 1. The highest BCUT2D eigenvalue weighted by molar-refractivity contribution is 6.28. The Labute approximate surface area is 109 Å². The largest absolute Gasteiger partial charge is 0.486 e. The van der Waals surface area contributed by atoms with Crippen LogP contribution in [-0.4, -0.2) is 28.4 Å². The number of ether oxygens (including phenoxy) is 2. The quantitative estimate of drug-likeness (QED) is 0.790. The third-order valence-corrected chi connectivity index (χ3v) is 2.86. The van der Waals surface area contributed by atoms with Crippen molar-refractivity contribution in [3.63, 3.8) is 0 Å². The Kier molecular flexibility index (Phi) is 2.76. The summed E-state index contributed by atoms with van der Waals surface area (Å²) in [6.07, 6.45) is 1.57. The van der Waals surface area contributed by atoms with Crippen molar-refractivity contribution in [1.29, 1.82) is 0 Å². The molecule has 6 heteroatoms. The standard InChI is InChI=1S/C12H10ClN3O2/c1-7-4-10-11(18-3-2-17-10)5-8(7)9-6-14-16-12(13)15-9/h4-6H,2-3H2,1H3. The lowest BCUT2D eigenvalue weighted by atomic mass is 10.0. The zero-order chi connectivity index (χ0) is 12.5. The van der Waals surface area contributed by atoms with Crippen molar-refractivity contribution in [2.24, 2.45) is 0 Å². The molecule has 0 spiro atoms. The van der Waals surface area contributed by atoms with Gasteiger partial charge in [-0.05, 0) is 36.2 Å². The average Bonchev–Trinajstić information content (AvgIpc) is 2.38. The van der Waals surface area contributed by atoms with E-state index in [0.29, 0.717) is 18.9 Å². The number of aryl methyl sites for hydroxylation is 1. The molecule has 0 N–H and O–H groups in total. The van der Waals surface area contributed by atoms with Crippen molar-refractivity contribution in [1.82, 2.24) is 15.2 Å². The number of benzene rings is 1. The van der Waals surface area contributed by atoms with Gasteiger partial charge in [-0.2, -0.15) is 5.10 Å². The molecule has 1 aliphatic heterocycles. The molecule has 0 saturated heterocycles. The second-order valence-corrected chi connectivity index (χ2v) is 4.26. The Morgan fingerprint density at radius 3 is 2.61 bits per heavy atom. The fourth-order valence-electron chi connectivity index (χ4n) is 1.88. The lowest BCUT2D eigenvalue weighted by Gasteiger charge is -2.20. The normalized spacial score (nSPS) is 13.4. The van der Waals surface area contributed by atoms with Crippen LogP contribution in [0.5, 0.6) is 11.5 Å². The van der Waals surface area contributed by atoms with Gasteiger partial charge in [-0.15, -0.1) is 5.10 Å². The highest BCUT2D eigenvalue weighted by Gasteiger charge is 2.16. The van der Waals surface area contributed by atoms with Gasteiger partial charge in [-0.25, -0.2) is 4.98 Å². The molecule has 0 unspecified atom stereocenters. The molecule has 3 rings (SSSR count). The Morgan fingerprint density at radius 2 is 1.89 bits per heavy atom. The molecule has 0 radical (unpaired) electrons. The van der Waals surface area contributed by atoms with E-state index >= 15 is 0 Å². The van der Waals surface area contributed by atoms with Gasteiger partial charge < -0.3 is 9.47 Å². The highest BCUT2D eigenvalue weighted by atomic mass is 35.5. The van der Waals surface area contributed by atoms with E-state index in [2.05, 4.69) is 15.2 Å². The zero-order valence-electron chi connectivity index (χ0n) is 9.68. The third-order valence-electron chi connectivity index (χ3n) is 2.70. The Hall–Kier alpha value is -1.88. The molecular weight excluding hydrogens is 254 g/mol. The Bertz CT molecular complexity index is 604. The number of halogens is 1. The van der Waals surface area contributed by atoms with E-state index in [1.165, 1.54) is 0 Å². The van der Waals surface area contributed by atoms with Crippen LogP contribution in [0.4, 0.5) is 0 Å². The molecule has 5 nitrogen and oxygen atoms in total. The topological polar surface area (TPSA) is 57.1 Å². The molecule has 2 aromatic rings. The first-order valence-corrected chi connectivity index (χ1v) is 5.87. The zero-order valence-corrected chi connectivity index (χ0v) is 10.4. The van der Waals surface area contributed by atoms with Crippen LogP contribution in [0.3, 0.4) is 0 Å². The molecule has 0 bridgehead atoms. The Balaban J connectivity index is 2.12. The van der Waals surface area contributed by atoms with E-state index in [-0.39, 0.29) is 5.28 Å². The smallest absolute Gasteiger partial charge is 0.243 e. The summed E-state index contributed by atoms with van der Waals surface area (Å²) >= 11 is 5.75. The van der Waals surface area contributed by atoms with Crippen molar-refractivity contribution in [3.05, 3.63) is 29.2 Å². The summed E-state index contributed by atoms with van der Waals surface area (Å²) in [6, 6.07) is 3.82. The molecule has 1 aromatic carbocycles. The van der Waals surface area contributed by atoms with Gasteiger partial charge in [0.2, 0.25) is 5.28 Å². The Morgan fingerprint density at radius 1 is 1.17 bits per heavy atom. The van der Waals surface area contributed by atoms with Crippen molar-refractivity contribution in [2.45, 2.75) is 6.92 Å². The summed E-state index contributed by atoms with van der Waals surface area (Å²) < 4.78 is 11.1. The first kappa shape index (κ1) is 11.2. The van der Waals surface area contributed by atoms with Crippen molar-refractivity contribution < 1.29 is 9.47 Å². The lowest BCUT2D eigenvalue weighted by Crippen LogP contribution is -2.15. The van der Waals surface area contributed by atoms with Gasteiger partial charge in [0.05, 0.1) is 11.9 Å². The molecule has 1 aromatic heterocycles. The van der Waals surface area contributed by atoms with E-state index in [1.54, 1.807) is 6.20 Å². The molecular formula is C12H10ClN3O2. The van der Waals surface area contributed by atoms with Crippen LogP contribution in [-0.2, 0) is 0 Å². The first-order valence-electron chi connectivity index (χ1n) is 5.50. The van der Waals surface area contributed by atoms with E-state index in [1.807, 2.05) is 19.1 Å². The van der Waals surface area contributed by atoms with Crippen molar-refractivity contribution in [2.75, 3.05) is 13.2 Å².